The summed E-state index contributed by atoms with van der Waals surface area (Å²) in [6, 6.07) is 11.2. The molecular weight excluding hydrogens is 495 g/mol. The molecule has 0 unspecified atom stereocenters. The van der Waals surface area contributed by atoms with Crippen molar-refractivity contribution in [3.63, 3.8) is 0 Å². The minimum absolute atomic E-state index is 0.119. The number of nitrogens with zero attached hydrogens (tertiary/aromatic N) is 5. The highest BCUT2D eigenvalue weighted by Crippen LogP contribution is 2.28. The molecule has 8 nitrogen and oxygen atoms in total. The molecule has 0 amide bonds. The van der Waals surface area contributed by atoms with Gasteiger partial charge in [-0.1, -0.05) is 18.2 Å². The van der Waals surface area contributed by atoms with Crippen LogP contribution < -0.4 is 4.31 Å². The summed E-state index contributed by atoms with van der Waals surface area (Å²) >= 11 is 0. The zero-order chi connectivity index (χ0) is 25.9. The van der Waals surface area contributed by atoms with Gasteiger partial charge in [-0.15, -0.1) is 10.2 Å². The second-order valence-corrected chi connectivity index (χ2v) is 10.9. The van der Waals surface area contributed by atoms with E-state index in [2.05, 4.69) is 27.0 Å². The maximum Gasteiger partial charge on any atom is 0.314 e. The van der Waals surface area contributed by atoms with Gasteiger partial charge in [0.1, 0.15) is 5.82 Å². The monoisotopic (exact) mass is 523 g/mol. The van der Waals surface area contributed by atoms with E-state index in [1.54, 1.807) is 12.1 Å². The van der Waals surface area contributed by atoms with Crippen LogP contribution in [0.2, 0.25) is 0 Å². The average Bonchev–Trinajstić information content (AvgIpc) is 3.36. The molecule has 1 saturated heterocycles. The van der Waals surface area contributed by atoms with Crippen molar-refractivity contribution in [2.45, 2.75) is 26.4 Å². The van der Waals surface area contributed by atoms with E-state index in [4.69, 9.17) is 4.42 Å². The second kappa shape index (κ2) is 11.0. The molecule has 1 aromatic heterocycles. The lowest BCUT2D eigenvalue weighted by molar-refractivity contribution is 0.116. The van der Waals surface area contributed by atoms with E-state index in [-0.39, 0.29) is 29.3 Å². The van der Waals surface area contributed by atoms with Gasteiger partial charge in [0.25, 0.3) is 5.89 Å². The molecule has 1 fully saturated rings. The standard InChI is InChI=1S/C24H28F3N5O3S/c1-3-36(33,34)32(20-6-4-5-17(13-20)15-31-11-9-30(2)10-12-31)16-19-8-7-18(14-21(19)25)23-28-29-24(35-23)22(26)27/h4-8,13-14,22H,3,9-12,15-16H2,1-2H3. The number of hydrogen-bond donors (Lipinski definition) is 0. The highest BCUT2D eigenvalue weighted by Gasteiger charge is 2.24. The molecule has 0 bridgehead atoms. The number of piperazine rings is 1. The molecule has 194 valence electrons. The second-order valence-electron chi connectivity index (χ2n) is 8.71. The number of alkyl halides is 2. The Balaban J connectivity index is 1.57. The van der Waals surface area contributed by atoms with Crippen LogP contribution in [0, 0.1) is 5.82 Å². The van der Waals surface area contributed by atoms with E-state index in [1.807, 2.05) is 12.1 Å². The van der Waals surface area contributed by atoms with Crippen LogP contribution in [0.1, 0.15) is 30.4 Å². The third-order valence-corrected chi connectivity index (χ3v) is 7.88. The molecule has 0 N–H and O–H groups in total. The molecular formula is C24H28F3N5O3S. The Labute approximate surface area is 208 Å². The number of anilines is 1. The van der Waals surface area contributed by atoms with Crippen LogP contribution in [0.4, 0.5) is 18.9 Å². The molecule has 3 aromatic rings. The van der Waals surface area contributed by atoms with Crippen molar-refractivity contribution in [2.75, 3.05) is 43.3 Å². The molecule has 0 atom stereocenters. The van der Waals surface area contributed by atoms with Gasteiger partial charge >= 0.3 is 6.43 Å². The van der Waals surface area contributed by atoms with Crippen molar-refractivity contribution in [3.8, 4) is 11.5 Å². The van der Waals surface area contributed by atoms with Crippen LogP contribution >= 0.6 is 0 Å². The van der Waals surface area contributed by atoms with Crippen LogP contribution in [-0.2, 0) is 23.1 Å². The van der Waals surface area contributed by atoms with Gasteiger partial charge in [-0.25, -0.2) is 12.8 Å². The van der Waals surface area contributed by atoms with Crippen molar-refractivity contribution in [3.05, 3.63) is 65.3 Å². The van der Waals surface area contributed by atoms with Crippen LogP contribution in [0.5, 0.6) is 0 Å². The molecule has 1 aliphatic rings. The lowest BCUT2D eigenvalue weighted by Gasteiger charge is -2.32. The highest BCUT2D eigenvalue weighted by atomic mass is 32.2. The molecule has 1 aliphatic heterocycles. The number of likely N-dealkylation sites (N-methyl/N-ethyl adjacent to an activating group) is 1. The fourth-order valence-corrected chi connectivity index (χ4v) is 5.07. The number of sulfonamides is 1. The average molecular weight is 524 g/mol. The molecule has 36 heavy (non-hydrogen) atoms. The summed E-state index contributed by atoms with van der Waals surface area (Å²) in [6.07, 6.45) is -2.94. The summed E-state index contributed by atoms with van der Waals surface area (Å²) in [5, 5.41) is 6.77. The minimum Gasteiger partial charge on any atom is -0.415 e. The van der Waals surface area contributed by atoms with Crippen LogP contribution in [-0.4, -0.2) is 67.4 Å². The lowest BCUT2D eigenvalue weighted by Crippen LogP contribution is -2.43. The molecule has 0 spiro atoms. The summed E-state index contributed by atoms with van der Waals surface area (Å²) in [6.45, 7) is 5.78. The van der Waals surface area contributed by atoms with Crippen molar-refractivity contribution in [1.82, 2.24) is 20.0 Å². The van der Waals surface area contributed by atoms with Gasteiger partial charge in [0.2, 0.25) is 15.9 Å². The number of hydrogen-bond acceptors (Lipinski definition) is 7. The molecule has 2 aromatic carbocycles. The van der Waals surface area contributed by atoms with E-state index in [0.717, 1.165) is 37.8 Å². The maximum absolute atomic E-state index is 15.0. The van der Waals surface area contributed by atoms with Crippen LogP contribution in [0.25, 0.3) is 11.5 Å². The van der Waals surface area contributed by atoms with Crippen molar-refractivity contribution in [1.29, 1.82) is 0 Å². The predicted octanol–water partition coefficient (Wildman–Crippen LogP) is 3.92. The predicted molar refractivity (Wildman–Crippen MR) is 130 cm³/mol. The Bertz CT molecular complexity index is 1290. The summed E-state index contributed by atoms with van der Waals surface area (Å²) in [5.41, 5.74) is 1.66. The summed E-state index contributed by atoms with van der Waals surface area (Å²) in [7, 11) is -1.65. The Morgan fingerprint density at radius 1 is 1.08 bits per heavy atom. The van der Waals surface area contributed by atoms with E-state index >= 15 is 4.39 Å². The molecule has 0 aliphatic carbocycles. The molecule has 2 heterocycles. The molecule has 4 rings (SSSR count). The Hall–Kier alpha value is -2.96. The fraction of sp³-hybridized carbons (Fsp3) is 0.417. The SMILES string of the molecule is CCS(=O)(=O)N(Cc1ccc(-c2nnc(C(F)F)o2)cc1F)c1cccc(CN2CCN(C)CC2)c1. The topological polar surface area (TPSA) is 82.8 Å². The first-order valence-corrected chi connectivity index (χ1v) is 13.2. The zero-order valence-corrected chi connectivity index (χ0v) is 20.9. The Morgan fingerprint density at radius 2 is 1.83 bits per heavy atom. The van der Waals surface area contributed by atoms with Gasteiger partial charge in [0, 0.05) is 43.9 Å². The largest absolute Gasteiger partial charge is 0.415 e. The first-order chi connectivity index (χ1) is 17.2. The van der Waals surface area contributed by atoms with Gasteiger partial charge < -0.3 is 9.32 Å². The fourth-order valence-electron chi connectivity index (χ4n) is 3.98. The van der Waals surface area contributed by atoms with E-state index in [1.165, 1.54) is 23.4 Å². The lowest BCUT2D eigenvalue weighted by atomic mass is 10.1. The zero-order valence-electron chi connectivity index (χ0n) is 20.1. The third-order valence-electron chi connectivity index (χ3n) is 6.14. The number of aromatic nitrogens is 2. The highest BCUT2D eigenvalue weighted by molar-refractivity contribution is 7.92. The molecule has 0 saturated carbocycles. The maximum atomic E-state index is 15.0. The number of halogens is 3. The van der Waals surface area contributed by atoms with E-state index in [0.29, 0.717) is 12.2 Å². The first-order valence-electron chi connectivity index (χ1n) is 11.6. The number of rotatable bonds is 9. The Morgan fingerprint density at radius 3 is 2.47 bits per heavy atom. The van der Waals surface area contributed by atoms with Crippen LogP contribution in [0.3, 0.4) is 0 Å². The summed E-state index contributed by atoms with van der Waals surface area (Å²) < 4.78 is 72.5. The third kappa shape index (κ3) is 6.05. The normalized spacial score (nSPS) is 15.5. The van der Waals surface area contributed by atoms with Crippen molar-refractivity contribution in [2.24, 2.45) is 0 Å². The summed E-state index contributed by atoms with van der Waals surface area (Å²) in [5.74, 6) is -1.97. The molecule has 0 radical (unpaired) electrons. The van der Waals surface area contributed by atoms with Crippen molar-refractivity contribution < 1.29 is 26.0 Å². The van der Waals surface area contributed by atoms with E-state index < -0.39 is 28.2 Å². The van der Waals surface area contributed by atoms with Gasteiger partial charge in [-0.3, -0.25) is 9.21 Å². The molecule has 12 heteroatoms. The van der Waals surface area contributed by atoms with Gasteiger partial charge in [-0.2, -0.15) is 8.78 Å². The van der Waals surface area contributed by atoms with Gasteiger partial charge in [0.15, 0.2) is 0 Å². The van der Waals surface area contributed by atoms with Gasteiger partial charge in [0.05, 0.1) is 18.0 Å². The first kappa shape index (κ1) is 26.1. The van der Waals surface area contributed by atoms with E-state index in [9.17, 15) is 17.2 Å². The smallest absolute Gasteiger partial charge is 0.314 e. The van der Waals surface area contributed by atoms with Crippen LogP contribution in [0.15, 0.2) is 46.9 Å². The number of benzene rings is 2. The quantitative estimate of drug-likeness (QED) is 0.421. The van der Waals surface area contributed by atoms with Gasteiger partial charge in [-0.05, 0) is 43.8 Å². The Kier molecular flexibility index (Phi) is 7.96. The minimum atomic E-state index is -3.73. The van der Waals surface area contributed by atoms with Crippen molar-refractivity contribution >= 4 is 15.7 Å². The summed E-state index contributed by atoms with van der Waals surface area (Å²) in [4.78, 5) is 4.58.